The van der Waals surface area contributed by atoms with Crippen LogP contribution in [-0.4, -0.2) is 5.91 Å². The van der Waals surface area contributed by atoms with Gasteiger partial charge in [0.15, 0.2) is 0 Å². The number of carbonyl (C=O) groups excluding carboxylic acids is 1. The Morgan fingerprint density at radius 3 is 2.50 bits per heavy atom. The van der Waals surface area contributed by atoms with Crippen molar-refractivity contribution in [2.24, 2.45) is 5.73 Å². The first kappa shape index (κ1) is 13.0. The minimum atomic E-state index is -0.649. The van der Waals surface area contributed by atoms with Crippen LogP contribution in [0.4, 0.5) is 5.69 Å². The van der Waals surface area contributed by atoms with E-state index >= 15 is 0 Å². The van der Waals surface area contributed by atoms with E-state index in [0.29, 0.717) is 0 Å². The van der Waals surface area contributed by atoms with Crippen LogP contribution < -0.4 is 11.1 Å². The standard InChI is InChI=1S/C14H13IN2O/c15-11-7-4-8-12(9-11)17-14(18)13(16)10-5-2-1-3-6-10/h1-9,13H,16H2,(H,17,18). The predicted octanol–water partition coefficient (Wildman–Crippen LogP) is 2.93. The van der Waals surface area contributed by atoms with Gasteiger partial charge < -0.3 is 11.1 Å². The number of anilines is 1. The van der Waals surface area contributed by atoms with Gasteiger partial charge >= 0.3 is 0 Å². The van der Waals surface area contributed by atoms with Crippen LogP contribution in [0.3, 0.4) is 0 Å². The smallest absolute Gasteiger partial charge is 0.245 e. The molecule has 0 aliphatic carbocycles. The van der Waals surface area contributed by atoms with E-state index in [1.807, 2.05) is 54.6 Å². The molecule has 3 nitrogen and oxygen atoms in total. The van der Waals surface area contributed by atoms with Gasteiger partial charge in [0, 0.05) is 9.26 Å². The lowest BCUT2D eigenvalue weighted by atomic mass is 10.1. The molecule has 92 valence electrons. The van der Waals surface area contributed by atoms with Gasteiger partial charge in [-0.3, -0.25) is 4.79 Å². The molecule has 0 heterocycles. The Balaban J connectivity index is 2.09. The third-order valence-corrected chi connectivity index (χ3v) is 3.20. The normalized spacial score (nSPS) is 11.9. The number of amides is 1. The lowest BCUT2D eigenvalue weighted by Crippen LogP contribution is -2.27. The second-order valence-corrected chi connectivity index (χ2v) is 5.13. The van der Waals surface area contributed by atoms with Crippen LogP contribution in [0.25, 0.3) is 0 Å². The maximum atomic E-state index is 12.0. The Bertz CT molecular complexity index is 543. The molecule has 2 rings (SSSR count). The van der Waals surface area contributed by atoms with Crippen LogP contribution in [0, 0.1) is 3.57 Å². The Morgan fingerprint density at radius 2 is 1.83 bits per heavy atom. The van der Waals surface area contributed by atoms with Gasteiger partial charge in [-0.05, 0) is 46.4 Å². The molecule has 1 amide bonds. The Morgan fingerprint density at radius 1 is 1.11 bits per heavy atom. The summed E-state index contributed by atoms with van der Waals surface area (Å²) in [4.78, 5) is 12.0. The average Bonchev–Trinajstić information content (AvgIpc) is 2.39. The fourth-order valence-electron chi connectivity index (χ4n) is 1.60. The summed E-state index contributed by atoms with van der Waals surface area (Å²) in [5.41, 5.74) is 7.48. The molecule has 0 aliphatic rings. The van der Waals surface area contributed by atoms with Crippen molar-refractivity contribution in [3.8, 4) is 0 Å². The summed E-state index contributed by atoms with van der Waals surface area (Å²) in [6.07, 6.45) is 0. The summed E-state index contributed by atoms with van der Waals surface area (Å²) >= 11 is 2.20. The highest BCUT2D eigenvalue weighted by Crippen LogP contribution is 2.15. The van der Waals surface area contributed by atoms with Crippen LogP contribution >= 0.6 is 22.6 Å². The first-order valence-corrected chi connectivity index (χ1v) is 6.61. The summed E-state index contributed by atoms with van der Waals surface area (Å²) in [6, 6.07) is 16.3. The highest BCUT2D eigenvalue weighted by molar-refractivity contribution is 14.1. The summed E-state index contributed by atoms with van der Waals surface area (Å²) in [5, 5.41) is 2.81. The van der Waals surface area contributed by atoms with Gasteiger partial charge in [0.25, 0.3) is 0 Å². The van der Waals surface area contributed by atoms with Crippen molar-refractivity contribution in [2.75, 3.05) is 5.32 Å². The van der Waals surface area contributed by atoms with Crippen molar-refractivity contribution >= 4 is 34.2 Å². The summed E-state index contributed by atoms with van der Waals surface area (Å²) < 4.78 is 1.07. The van der Waals surface area contributed by atoms with E-state index in [-0.39, 0.29) is 5.91 Å². The number of benzene rings is 2. The second-order valence-electron chi connectivity index (χ2n) is 3.89. The molecule has 18 heavy (non-hydrogen) atoms. The molecule has 1 atom stereocenters. The van der Waals surface area contributed by atoms with Crippen molar-refractivity contribution in [1.29, 1.82) is 0 Å². The second kappa shape index (κ2) is 5.97. The molecule has 0 spiro atoms. The third kappa shape index (κ3) is 3.30. The number of nitrogens with one attached hydrogen (secondary N) is 1. The van der Waals surface area contributed by atoms with E-state index in [2.05, 4.69) is 27.9 Å². The maximum Gasteiger partial charge on any atom is 0.245 e. The van der Waals surface area contributed by atoms with E-state index < -0.39 is 6.04 Å². The number of nitrogens with two attached hydrogens (primary N) is 1. The average molecular weight is 352 g/mol. The van der Waals surface area contributed by atoms with Crippen molar-refractivity contribution in [2.45, 2.75) is 6.04 Å². The molecule has 0 saturated heterocycles. The highest BCUT2D eigenvalue weighted by atomic mass is 127. The van der Waals surface area contributed by atoms with Crippen LogP contribution in [-0.2, 0) is 4.79 Å². The molecular weight excluding hydrogens is 339 g/mol. The van der Waals surface area contributed by atoms with E-state index in [1.54, 1.807) is 0 Å². The number of halogens is 1. The summed E-state index contributed by atoms with van der Waals surface area (Å²) in [5.74, 6) is -0.205. The van der Waals surface area contributed by atoms with Crippen molar-refractivity contribution in [3.63, 3.8) is 0 Å². The molecule has 0 aromatic heterocycles. The highest BCUT2D eigenvalue weighted by Gasteiger charge is 2.15. The molecule has 0 fully saturated rings. The van der Waals surface area contributed by atoms with Crippen molar-refractivity contribution < 1.29 is 4.79 Å². The van der Waals surface area contributed by atoms with E-state index in [4.69, 9.17) is 5.73 Å². The van der Waals surface area contributed by atoms with Crippen LogP contribution in [0.5, 0.6) is 0 Å². The fraction of sp³-hybridized carbons (Fsp3) is 0.0714. The zero-order valence-electron chi connectivity index (χ0n) is 9.64. The topological polar surface area (TPSA) is 55.1 Å². The lowest BCUT2D eigenvalue weighted by molar-refractivity contribution is -0.117. The van der Waals surface area contributed by atoms with Gasteiger partial charge in [-0.2, -0.15) is 0 Å². The van der Waals surface area contributed by atoms with Gasteiger partial charge in [-0.15, -0.1) is 0 Å². The Kier molecular flexibility index (Phi) is 4.33. The maximum absolute atomic E-state index is 12.0. The third-order valence-electron chi connectivity index (χ3n) is 2.53. The zero-order valence-corrected chi connectivity index (χ0v) is 11.8. The first-order valence-electron chi connectivity index (χ1n) is 5.54. The number of rotatable bonds is 3. The molecule has 0 bridgehead atoms. The van der Waals surface area contributed by atoms with Crippen LogP contribution in [0.1, 0.15) is 11.6 Å². The number of hydrogen-bond acceptors (Lipinski definition) is 2. The molecule has 2 aromatic carbocycles. The molecule has 0 aliphatic heterocycles. The van der Waals surface area contributed by atoms with E-state index in [1.165, 1.54) is 0 Å². The Labute approximate surface area is 120 Å². The van der Waals surface area contributed by atoms with Crippen LogP contribution in [0.2, 0.25) is 0 Å². The largest absolute Gasteiger partial charge is 0.324 e. The van der Waals surface area contributed by atoms with Gasteiger partial charge in [0.2, 0.25) is 5.91 Å². The number of hydrogen-bond donors (Lipinski definition) is 2. The summed E-state index contributed by atoms with van der Waals surface area (Å²) in [6.45, 7) is 0. The van der Waals surface area contributed by atoms with E-state index in [9.17, 15) is 4.79 Å². The molecule has 0 radical (unpaired) electrons. The van der Waals surface area contributed by atoms with E-state index in [0.717, 1.165) is 14.8 Å². The van der Waals surface area contributed by atoms with Crippen molar-refractivity contribution in [3.05, 3.63) is 63.7 Å². The van der Waals surface area contributed by atoms with Crippen LogP contribution in [0.15, 0.2) is 54.6 Å². The molecule has 3 N–H and O–H groups in total. The number of carbonyl (C=O) groups is 1. The molecule has 1 unspecified atom stereocenters. The lowest BCUT2D eigenvalue weighted by Gasteiger charge is -2.12. The van der Waals surface area contributed by atoms with Gasteiger partial charge in [-0.1, -0.05) is 36.4 Å². The molecular formula is C14H13IN2O. The molecule has 4 heteroatoms. The van der Waals surface area contributed by atoms with Gasteiger partial charge in [0.1, 0.15) is 6.04 Å². The predicted molar refractivity (Wildman–Crippen MR) is 81.2 cm³/mol. The molecule has 0 saturated carbocycles. The zero-order chi connectivity index (χ0) is 13.0. The fourth-order valence-corrected chi connectivity index (χ4v) is 2.14. The van der Waals surface area contributed by atoms with Crippen molar-refractivity contribution in [1.82, 2.24) is 0 Å². The first-order chi connectivity index (χ1) is 8.66. The van der Waals surface area contributed by atoms with Gasteiger partial charge in [0.05, 0.1) is 0 Å². The minimum Gasteiger partial charge on any atom is -0.324 e. The quantitative estimate of drug-likeness (QED) is 0.835. The monoisotopic (exact) mass is 352 g/mol. The molecule has 2 aromatic rings. The SMILES string of the molecule is NC(C(=O)Nc1cccc(I)c1)c1ccccc1. The summed E-state index contributed by atoms with van der Waals surface area (Å²) in [7, 11) is 0. The Hall–Kier alpha value is -1.40. The van der Waals surface area contributed by atoms with Gasteiger partial charge in [-0.25, -0.2) is 0 Å². The minimum absolute atomic E-state index is 0.205.